The second-order valence-corrected chi connectivity index (χ2v) is 9.30. The molecule has 2 saturated heterocycles. The standard InChI is InChI=1S/C25H29F4N5O2/c1-16-12-19(6-7-20(16)26)33(11-5-10-32-8-3-4-9-32)24(36)21-15-23(35)31-34(21)22-14-18(25(27,28)29)13-17(2)30-22/h6-7,12-14,21H,3-5,8-11,15H2,1-2H3,(H,31,35). The summed E-state index contributed by atoms with van der Waals surface area (Å²) in [5.74, 6) is -1.56. The van der Waals surface area contributed by atoms with Gasteiger partial charge in [0.25, 0.3) is 5.91 Å². The topological polar surface area (TPSA) is 68.8 Å². The van der Waals surface area contributed by atoms with Crippen LogP contribution in [-0.4, -0.2) is 53.9 Å². The number of hydrogen-bond donors (Lipinski definition) is 1. The van der Waals surface area contributed by atoms with Crippen molar-refractivity contribution in [2.45, 2.75) is 51.7 Å². The second-order valence-electron chi connectivity index (χ2n) is 9.30. The maximum atomic E-state index is 14.0. The molecule has 36 heavy (non-hydrogen) atoms. The number of carbonyl (C=O) groups excluding carboxylic acids is 2. The molecule has 11 heteroatoms. The number of hydrazine groups is 1. The number of aromatic nitrogens is 1. The number of hydrogen-bond acceptors (Lipinski definition) is 5. The number of nitrogens with one attached hydrogen (secondary N) is 1. The van der Waals surface area contributed by atoms with E-state index in [0.29, 0.717) is 24.2 Å². The Morgan fingerprint density at radius 2 is 1.89 bits per heavy atom. The molecular formula is C25H29F4N5O2. The summed E-state index contributed by atoms with van der Waals surface area (Å²) < 4.78 is 54.2. The van der Waals surface area contributed by atoms with E-state index in [1.807, 2.05) is 0 Å². The van der Waals surface area contributed by atoms with E-state index >= 15 is 0 Å². The Bertz CT molecular complexity index is 1130. The molecule has 0 radical (unpaired) electrons. The Morgan fingerprint density at radius 3 is 2.56 bits per heavy atom. The maximum Gasteiger partial charge on any atom is 0.416 e. The lowest BCUT2D eigenvalue weighted by molar-refractivity contribution is -0.137. The minimum atomic E-state index is -4.61. The molecule has 3 heterocycles. The van der Waals surface area contributed by atoms with Gasteiger partial charge in [0.05, 0.1) is 12.0 Å². The highest BCUT2D eigenvalue weighted by atomic mass is 19.4. The molecule has 0 spiro atoms. The summed E-state index contributed by atoms with van der Waals surface area (Å²) in [6, 6.07) is 4.95. The normalized spacial score (nSPS) is 18.6. The number of anilines is 2. The Kier molecular flexibility index (Phi) is 7.49. The zero-order valence-corrected chi connectivity index (χ0v) is 20.2. The van der Waals surface area contributed by atoms with Crippen LogP contribution in [-0.2, 0) is 15.8 Å². The first-order valence-corrected chi connectivity index (χ1v) is 12.0. The summed E-state index contributed by atoms with van der Waals surface area (Å²) in [5, 5.41) is 1.11. The van der Waals surface area contributed by atoms with E-state index in [1.165, 1.54) is 24.0 Å². The minimum absolute atomic E-state index is 0.101. The summed E-state index contributed by atoms with van der Waals surface area (Å²) in [6.07, 6.45) is -1.93. The van der Waals surface area contributed by atoms with E-state index in [2.05, 4.69) is 15.3 Å². The number of amides is 2. The fourth-order valence-corrected chi connectivity index (χ4v) is 4.68. The quantitative estimate of drug-likeness (QED) is 0.575. The molecule has 194 valence electrons. The lowest BCUT2D eigenvalue weighted by Gasteiger charge is -2.31. The average molecular weight is 508 g/mol. The molecule has 2 fully saturated rings. The zero-order valence-electron chi connectivity index (χ0n) is 20.2. The Balaban J connectivity index is 1.63. The molecular weight excluding hydrogens is 478 g/mol. The zero-order chi connectivity index (χ0) is 26.0. The van der Waals surface area contributed by atoms with Crippen LogP contribution >= 0.6 is 0 Å². The third kappa shape index (κ3) is 5.77. The van der Waals surface area contributed by atoms with Crippen molar-refractivity contribution in [1.82, 2.24) is 15.3 Å². The number of pyridine rings is 1. The van der Waals surface area contributed by atoms with Crippen LogP contribution in [0.25, 0.3) is 0 Å². The predicted octanol–water partition coefficient (Wildman–Crippen LogP) is 3.99. The molecule has 1 N–H and O–H groups in total. The first-order chi connectivity index (χ1) is 17.0. The highest BCUT2D eigenvalue weighted by Gasteiger charge is 2.41. The molecule has 2 aliphatic heterocycles. The van der Waals surface area contributed by atoms with Gasteiger partial charge in [-0.2, -0.15) is 13.2 Å². The van der Waals surface area contributed by atoms with Gasteiger partial charge >= 0.3 is 6.18 Å². The lowest BCUT2D eigenvalue weighted by atomic mass is 10.1. The second kappa shape index (κ2) is 10.4. The van der Waals surface area contributed by atoms with Gasteiger partial charge in [-0.1, -0.05) is 0 Å². The Labute approximate surface area is 207 Å². The van der Waals surface area contributed by atoms with Gasteiger partial charge in [-0.05, 0) is 88.6 Å². The van der Waals surface area contributed by atoms with E-state index < -0.39 is 35.4 Å². The number of benzene rings is 1. The molecule has 7 nitrogen and oxygen atoms in total. The fraction of sp³-hybridized carbons (Fsp3) is 0.480. The fourth-order valence-electron chi connectivity index (χ4n) is 4.68. The first kappa shape index (κ1) is 25.9. The van der Waals surface area contributed by atoms with Gasteiger partial charge in [0.15, 0.2) is 0 Å². The van der Waals surface area contributed by atoms with Crippen molar-refractivity contribution >= 4 is 23.3 Å². The lowest BCUT2D eigenvalue weighted by Crippen LogP contribution is -2.50. The molecule has 0 bridgehead atoms. The largest absolute Gasteiger partial charge is 0.416 e. The summed E-state index contributed by atoms with van der Waals surface area (Å²) in [4.78, 5) is 34.1. The maximum absolute atomic E-state index is 14.0. The highest BCUT2D eigenvalue weighted by molar-refractivity contribution is 6.03. The summed E-state index contributed by atoms with van der Waals surface area (Å²) in [5.41, 5.74) is 2.49. The van der Waals surface area contributed by atoms with Gasteiger partial charge in [-0.15, -0.1) is 0 Å². The van der Waals surface area contributed by atoms with Gasteiger partial charge in [-0.25, -0.2) is 9.37 Å². The number of nitrogens with zero attached hydrogens (tertiary/aromatic N) is 4. The monoisotopic (exact) mass is 507 g/mol. The van der Waals surface area contributed by atoms with Crippen molar-refractivity contribution in [2.24, 2.45) is 0 Å². The van der Waals surface area contributed by atoms with Gasteiger partial charge < -0.3 is 9.80 Å². The molecule has 1 aromatic carbocycles. The van der Waals surface area contributed by atoms with Crippen LogP contribution in [0.3, 0.4) is 0 Å². The van der Waals surface area contributed by atoms with Crippen LogP contribution in [0.5, 0.6) is 0 Å². The number of carbonyl (C=O) groups is 2. The molecule has 0 aliphatic carbocycles. The van der Waals surface area contributed by atoms with Crippen molar-refractivity contribution in [3.63, 3.8) is 0 Å². The smallest absolute Gasteiger partial charge is 0.310 e. The van der Waals surface area contributed by atoms with Crippen molar-refractivity contribution in [1.29, 1.82) is 0 Å². The average Bonchev–Trinajstić information content (AvgIpc) is 3.47. The summed E-state index contributed by atoms with van der Waals surface area (Å²) >= 11 is 0. The van der Waals surface area contributed by atoms with E-state index in [4.69, 9.17) is 0 Å². The first-order valence-electron chi connectivity index (χ1n) is 12.0. The van der Waals surface area contributed by atoms with Crippen molar-refractivity contribution in [2.75, 3.05) is 36.1 Å². The molecule has 1 atom stereocenters. The van der Waals surface area contributed by atoms with Crippen molar-refractivity contribution < 1.29 is 27.2 Å². The van der Waals surface area contributed by atoms with Crippen LogP contribution in [0.15, 0.2) is 30.3 Å². The van der Waals surface area contributed by atoms with Crippen molar-refractivity contribution in [3.8, 4) is 0 Å². The van der Waals surface area contributed by atoms with Crippen LogP contribution in [0, 0.1) is 19.7 Å². The third-order valence-corrected chi connectivity index (χ3v) is 6.51. The number of alkyl halides is 3. The number of aryl methyl sites for hydroxylation is 2. The van der Waals surface area contributed by atoms with E-state index in [-0.39, 0.29) is 17.9 Å². The van der Waals surface area contributed by atoms with Crippen LogP contribution < -0.4 is 15.3 Å². The molecule has 4 rings (SSSR count). The van der Waals surface area contributed by atoms with Gasteiger partial charge in [-0.3, -0.25) is 20.0 Å². The van der Waals surface area contributed by atoms with E-state index in [9.17, 15) is 27.2 Å². The Hall–Kier alpha value is -3.21. The van der Waals surface area contributed by atoms with Crippen LogP contribution in [0.4, 0.5) is 29.1 Å². The molecule has 1 unspecified atom stereocenters. The van der Waals surface area contributed by atoms with Gasteiger partial charge in [0.1, 0.15) is 17.7 Å². The molecule has 0 saturated carbocycles. The summed E-state index contributed by atoms with van der Waals surface area (Å²) in [7, 11) is 0. The predicted molar refractivity (Wildman–Crippen MR) is 127 cm³/mol. The molecule has 2 aromatic rings. The number of halogens is 4. The number of likely N-dealkylation sites (tertiary alicyclic amines) is 1. The van der Waals surface area contributed by atoms with Crippen molar-refractivity contribution in [3.05, 3.63) is 53.0 Å². The SMILES string of the molecule is Cc1cc(C(F)(F)F)cc(N2NC(=O)CC2C(=O)N(CCCN2CCCC2)c2ccc(F)c(C)c2)n1. The van der Waals surface area contributed by atoms with E-state index in [1.54, 1.807) is 13.0 Å². The van der Waals surface area contributed by atoms with Gasteiger partial charge in [0, 0.05) is 17.9 Å². The van der Waals surface area contributed by atoms with Crippen LogP contribution in [0.2, 0.25) is 0 Å². The minimum Gasteiger partial charge on any atom is -0.310 e. The number of rotatable bonds is 7. The van der Waals surface area contributed by atoms with E-state index in [0.717, 1.165) is 49.6 Å². The molecule has 1 aromatic heterocycles. The molecule has 2 aliphatic rings. The van der Waals surface area contributed by atoms with Gasteiger partial charge in [0.2, 0.25) is 5.91 Å². The third-order valence-electron chi connectivity index (χ3n) is 6.51. The summed E-state index contributed by atoms with van der Waals surface area (Å²) in [6.45, 7) is 6.10. The highest BCUT2D eigenvalue weighted by Crippen LogP contribution is 2.33. The molecule has 2 amide bonds. The Morgan fingerprint density at radius 1 is 1.17 bits per heavy atom. The van der Waals surface area contributed by atoms with Crippen LogP contribution in [0.1, 0.15) is 42.5 Å².